The number of likely N-dealkylation sites (tertiary alicyclic amines) is 1. The Bertz CT molecular complexity index is 350. The average molecular weight is 260 g/mol. The fourth-order valence-corrected chi connectivity index (χ4v) is 3.14. The predicted octanol–water partition coefficient (Wildman–Crippen LogP) is 2.93. The van der Waals surface area contributed by atoms with Gasteiger partial charge in [-0.1, -0.05) is 37.3 Å². The van der Waals surface area contributed by atoms with Gasteiger partial charge in [-0.25, -0.2) is 0 Å². The van der Waals surface area contributed by atoms with Crippen molar-refractivity contribution in [2.24, 2.45) is 17.6 Å². The SMILES string of the molecule is CC1CN(CCCCc2ccccc2)CCC1CN. The van der Waals surface area contributed by atoms with E-state index in [0.29, 0.717) is 0 Å². The van der Waals surface area contributed by atoms with E-state index in [4.69, 9.17) is 5.73 Å². The van der Waals surface area contributed by atoms with Gasteiger partial charge in [0.05, 0.1) is 0 Å². The minimum Gasteiger partial charge on any atom is -0.330 e. The molecule has 0 spiro atoms. The smallest absolute Gasteiger partial charge is 0.00101 e. The average Bonchev–Trinajstić information content (AvgIpc) is 2.45. The van der Waals surface area contributed by atoms with Crippen LogP contribution in [0.4, 0.5) is 0 Å². The molecule has 0 aliphatic carbocycles. The van der Waals surface area contributed by atoms with Gasteiger partial charge in [0.1, 0.15) is 0 Å². The van der Waals surface area contributed by atoms with Crippen molar-refractivity contribution in [3.8, 4) is 0 Å². The maximum absolute atomic E-state index is 5.81. The van der Waals surface area contributed by atoms with Gasteiger partial charge in [-0.3, -0.25) is 0 Å². The monoisotopic (exact) mass is 260 g/mol. The van der Waals surface area contributed by atoms with Crippen LogP contribution in [0.3, 0.4) is 0 Å². The Balaban J connectivity index is 1.61. The molecule has 2 N–H and O–H groups in total. The first-order valence-corrected chi connectivity index (χ1v) is 7.76. The second kappa shape index (κ2) is 7.66. The lowest BCUT2D eigenvalue weighted by Gasteiger charge is -2.36. The van der Waals surface area contributed by atoms with Crippen molar-refractivity contribution in [3.05, 3.63) is 35.9 Å². The number of hydrogen-bond donors (Lipinski definition) is 1. The maximum Gasteiger partial charge on any atom is 0.00101 e. The summed E-state index contributed by atoms with van der Waals surface area (Å²) in [5.41, 5.74) is 7.28. The third-order valence-corrected chi connectivity index (χ3v) is 4.50. The van der Waals surface area contributed by atoms with E-state index in [2.05, 4.69) is 42.2 Å². The molecular weight excluding hydrogens is 232 g/mol. The Morgan fingerprint density at radius 2 is 2.00 bits per heavy atom. The van der Waals surface area contributed by atoms with Crippen LogP contribution >= 0.6 is 0 Å². The molecule has 1 aromatic carbocycles. The lowest BCUT2D eigenvalue weighted by Crippen LogP contribution is -2.42. The van der Waals surface area contributed by atoms with E-state index in [9.17, 15) is 0 Å². The summed E-state index contributed by atoms with van der Waals surface area (Å²) < 4.78 is 0. The third-order valence-electron chi connectivity index (χ3n) is 4.50. The molecule has 1 fully saturated rings. The maximum atomic E-state index is 5.81. The Morgan fingerprint density at radius 3 is 2.68 bits per heavy atom. The zero-order valence-electron chi connectivity index (χ0n) is 12.2. The first-order chi connectivity index (χ1) is 9.29. The van der Waals surface area contributed by atoms with Gasteiger partial charge in [0, 0.05) is 6.54 Å². The number of benzene rings is 1. The number of aryl methyl sites for hydroxylation is 1. The number of hydrogen-bond acceptors (Lipinski definition) is 2. The van der Waals surface area contributed by atoms with Gasteiger partial charge >= 0.3 is 0 Å². The molecule has 2 unspecified atom stereocenters. The quantitative estimate of drug-likeness (QED) is 0.797. The zero-order chi connectivity index (χ0) is 13.5. The van der Waals surface area contributed by atoms with Crippen molar-refractivity contribution in [2.45, 2.75) is 32.6 Å². The van der Waals surface area contributed by atoms with Crippen LogP contribution in [-0.4, -0.2) is 31.1 Å². The molecule has 2 rings (SSSR count). The second-order valence-corrected chi connectivity index (χ2v) is 6.01. The molecule has 0 radical (unpaired) electrons. The Kier molecular flexibility index (Phi) is 5.87. The number of rotatable bonds is 6. The Hall–Kier alpha value is -0.860. The molecule has 2 atom stereocenters. The van der Waals surface area contributed by atoms with E-state index in [0.717, 1.165) is 18.4 Å². The van der Waals surface area contributed by atoms with Gasteiger partial charge in [0.25, 0.3) is 0 Å². The molecule has 19 heavy (non-hydrogen) atoms. The topological polar surface area (TPSA) is 29.3 Å². The van der Waals surface area contributed by atoms with Crippen LogP contribution in [-0.2, 0) is 6.42 Å². The molecule has 1 aliphatic heterocycles. The van der Waals surface area contributed by atoms with Crippen molar-refractivity contribution in [1.82, 2.24) is 4.90 Å². The van der Waals surface area contributed by atoms with Crippen LogP contribution < -0.4 is 5.73 Å². The number of nitrogens with two attached hydrogens (primary N) is 1. The molecule has 1 saturated heterocycles. The molecule has 0 bridgehead atoms. The minimum atomic E-state index is 0.751. The lowest BCUT2D eigenvalue weighted by molar-refractivity contribution is 0.131. The number of unbranched alkanes of at least 4 members (excludes halogenated alkanes) is 1. The molecule has 0 amide bonds. The molecule has 2 nitrogen and oxygen atoms in total. The van der Waals surface area contributed by atoms with Crippen molar-refractivity contribution < 1.29 is 0 Å². The summed E-state index contributed by atoms with van der Waals surface area (Å²) in [6, 6.07) is 10.8. The molecule has 1 aromatic rings. The largest absolute Gasteiger partial charge is 0.330 e. The first kappa shape index (κ1) is 14.5. The van der Waals surface area contributed by atoms with Crippen molar-refractivity contribution in [1.29, 1.82) is 0 Å². The fraction of sp³-hybridized carbons (Fsp3) is 0.647. The molecule has 2 heteroatoms. The number of nitrogens with zero attached hydrogens (tertiary/aromatic N) is 1. The van der Waals surface area contributed by atoms with Gasteiger partial charge in [-0.15, -0.1) is 0 Å². The van der Waals surface area contributed by atoms with Crippen molar-refractivity contribution >= 4 is 0 Å². The predicted molar refractivity (Wildman–Crippen MR) is 82.1 cm³/mol. The van der Waals surface area contributed by atoms with Crippen LogP contribution in [0.2, 0.25) is 0 Å². The molecule has 1 aliphatic rings. The fourth-order valence-electron chi connectivity index (χ4n) is 3.14. The van der Waals surface area contributed by atoms with Gasteiger partial charge < -0.3 is 10.6 Å². The van der Waals surface area contributed by atoms with Crippen LogP contribution in [0.15, 0.2) is 30.3 Å². The highest BCUT2D eigenvalue weighted by Gasteiger charge is 2.24. The number of piperidine rings is 1. The zero-order valence-corrected chi connectivity index (χ0v) is 12.2. The van der Waals surface area contributed by atoms with E-state index in [-0.39, 0.29) is 0 Å². The minimum absolute atomic E-state index is 0.751. The summed E-state index contributed by atoms with van der Waals surface area (Å²) in [7, 11) is 0. The summed E-state index contributed by atoms with van der Waals surface area (Å²) in [5, 5.41) is 0. The molecule has 0 saturated carbocycles. The van der Waals surface area contributed by atoms with Crippen LogP contribution in [0, 0.1) is 11.8 Å². The lowest BCUT2D eigenvalue weighted by atomic mass is 9.87. The van der Waals surface area contributed by atoms with E-state index in [1.165, 1.54) is 50.9 Å². The highest BCUT2D eigenvalue weighted by Crippen LogP contribution is 2.22. The summed E-state index contributed by atoms with van der Waals surface area (Å²) in [6.07, 6.45) is 5.12. The van der Waals surface area contributed by atoms with Gasteiger partial charge in [-0.2, -0.15) is 0 Å². The summed E-state index contributed by atoms with van der Waals surface area (Å²) in [6.45, 7) is 6.97. The standard InChI is InChI=1S/C17H28N2/c1-15-14-19(12-10-17(15)13-18)11-6-5-9-16-7-3-2-4-8-16/h2-4,7-8,15,17H,5-6,9-14,18H2,1H3. The van der Waals surface area contributed by atoms with E-state index >= 15 is 0 Å². The van der Waals surface area contributed by atoms with Gasteiger partial charge in [-0.05, 0) is 62.7 Å². The second-order valence-electron chi connectivity index (χ2n) is 6.01. The van der Waals surface area contributed by atoms with Gasteiger partial charge in [0.15, 0.2) is 0 Å². The van der Waals surface area contributed by atoms with Crippen molar-refractivity contribution in [3.63, 3.8) is 0 Å². The summed E-state index contributed by atoms with van der Waals surface area (Å²) >= 11 is 0. The molecule has 1 heterocycles. The summed E-state index contributed by atoms with van der Waals surface area (Å²) in [5.74, 6) is 1.52. The van der Waals surface area contributed by atoms with E-state index < -0.39 is 0 Å². The first-order valence-electron chi connectivity index (χ1n) is 7.76. The van der Waals surface area contributed by atoms with Crippen LogP contribution in [0.25, 0.3) is 0 Å². The van der Waals surface area contributed by atoms with Crippen LogP contribution in [0.5, 0.6) is 0 Å². The highest BCUT2D eigenvalue weighted by atomic mass is 15.1. The highest BCUT2D eigenvalue weighted by molar-refractivity contribution is 5.14. The van der Waals surface area contributed by atoms with Crippen LogP contribution in [0.1, 0.15) is 31.7 Å². The van der Waals surface area contributed by atoms with E-state index in [1.807, 2.05) is 0 Å². The van der Waals surface area contributed by atoms with E-state index in [1.54, 1.807) is 0 Å². The normalized spacial score (nSPS) is 24.5. The van der Waals surface area contributed by atoms with Crippen molar-refractivity contribution in [2.75, 3.05) is 26.2 Å². The van der Waals surface area contributed by atoms with Gasteiger partial charge in [0.2, 0.25) is 0 Å². The molecule has 0 aromatic heterocycles. The Morgan fingerprint density at radius 1 is 1.21 bits per heavy atom. The Labute approximate surface area is 118 Å². The molecular formula is C17H28N2. The molecule has 106 valence electrons. The third kappa shape index (κ3) is 4.63. The summed E-state index contributed by atoms with van der Waals surface area (Å²) in [4.78, 5) is 2.63.